The molecule has 7 heteroatoms. The molecule has 0 bridgehead atoms. The van der Waals surface area contributed by atoms with Gasteiger partial charge in [-0.25, -0.2) is 4.98 Å². The predicted octanol–water partition coefficient (Wildman–Crippen LogP) is 3.65. The maximum absolute atomic E-state index is 12.7. The highest BCUT2D eigenvalue weighted by Crippen LogP contribution is 2.36. The molecular formula is C15H17Cl2N3OS. The molecule has 1 unspecified atom stereocenters. The number of nitrogens with zero attached hydrogens (tertiary/aromatic N) is 2. The predicted molar refractivity (Wildman–Crippen MR) is 91.7 cm³/mol. The number of carbonyl (C=O) groups is 1. The summed E-state index contributed by atoms with van der Waals surface area (Å²) >= 11 is 7.71. The van der Waals surface area contributed by atoms with E-state index in [0.717, 1.165) is 30.0 Å². The lowest BCUT2D eigenvalue weighted by Crippen LogP contribution is -2.31. The van der Waals surface area contributed by atoms with Gasteiger partial charge in [0.15, 0.2) is 0 Å². The lowest BCUT2D eigenvalue weighted by molar-refractivity contribution is 0.0730. The van der Waals surface area contributed by atoms with E-state index in [1.165, 1.54) is 11.3 Å². The first kappa shape index (κ1) is 17.2. The van der Waals surface area contributed by atoms with Crippen molar-refractivity contribution in [2.45, 2.75) is 25.4 Å². The molecule has 1 saturated heterocycles. The number of halogens is 2. The van der Waals surface area contributed by atoms with Crippen LogP contribution >= 0.6 is 35.3 Å². The van der Waals surface area contributed by atoms with Gasteiger partial charge in [0.25, 0.3) is 5.91 Å². The molecule has 118 valence electrons. The Morgan fingerprint density at radius 2 is 2.23 bits per heavy atom. The number of hydrogen-bond acceptors (Lipinski definition) is 4. The van der Waals surface area contributed by atoms with Gasteiger partial charge in [0.2, 0.25) is 0 Å². The molecule has 22 heavy (non-hydrogen) atoms. The minimum absolute atomic E-state index is 0. The van der Waals surface area contributed by atoms with E-state index in [9.17, 15) is 4.79 Å². The second kappa shape index (κ2) is 7.42. The van der Waals surface area contributed by atoms with Crippen molar-refractivity contribution in [3.8, 4) is 0 Å². The minimum Gasteiger partial charge on any atom is -0.330 e. The van der Waals surface area contributed by atoms with Crippen molar-refractivity contribution < 1.29 is 4.79 Å². The van der Waals surface area contributed by atoms with E-state index >= 15 is 0 Å². The first-order chi connectivity index (χ1) is 10.2. The van der Waals surface area contributed by atoms with Gasteiger partial charge < -0.3 is 10.6 Å². The molecule has 1 aromatic carbocycles. The summed E-state index contributed by atoms with van der Waals surface area (Å²) in [4.78, 5) is 18.8. The monoisotopic (exact) mass is 357 g/mol. The van der Waals surface area contributed by atoms with Crippen molar-refractivity contribution >= 4 is 41.3 Å². The largest absolute Gasteiger partial charge is 0.330 e. The fourth-order valence-electron chi connectivity index (χ4n) is 2.73. The fraction of sp³-hybridized carbons (Fsp3) is 0.333. The first-order valence-corrected chi connectivity index (χ1v) is 8.16. The Morgan fingerprint density at radius 1 is 1.45 bits per heavy atom. The summed E-state index contributed by atoms with van der Waals surface area (Å²) in [5.74, 6) is -0.0339. The smallest absolute Gasteiger partial charge is 0.273 e. The maximum atomic E-state index is 12.7. The zero-order valence-corrected chi connectivity index (χ0v) is 14.3. The molecule has 2 aromatic rings. The molecule has 4 nitrogen and oxygen atoms in total. The summed E-state index contributed by atoms with van der Waals surface area (Å²) in [6, 6.07) is 7.76. The van der Waals surface area contributed by atoms with Crippen LogP contribution in [0.5, 0.6) is 0 Å². The Morgan fingerprint density at radius 3 is 2.91 bits per heavy atom. The van der Waals surface area contributed by atoms with E-state index in [-0.39, 0.29) is 24.4 Å². The van der Waals surface area contributed by atoms with E-state index in [4.69, 9.17) is 17.3 Å². The highest BCUT2D eigenvalue weighted by atomic mass is 35.5. The van der Waals surface area contributed by atoms with Gasteiger partial charge in [0.05, 0.1) is 6.04 Å². The number of nitrogens with two attached hydrogens (primary N) is 1. The van der Waals surface area contributed by atoms with Crippen LogP contribution in [-0.2, 0) is 6.54 Å². The van der Waals surface area contributed by atoms with Gasteiger partial charge in [-0.2, -0.15) is 0 Å². The van der Waals surface area contributed by atoms with Crippen molar-refractivity contribution in [3.63, 3.8) is 0 Å². The van der Waals surface area contributed by atoms with Gasteiger partial charge in [0.1, 0.15) is 10.7 Å². The average molecular weight is 358 g/mol. The van der Waals surface area contributed by atoms with Crippen molar-refractivity contribution in [2.24, 2.45) is 5.73 Å². The van der Waals surface area contributed by atoms with Crippen molar-refractivity contribution in [1.29, 1.82) is 0 Å². The summed E-state index contributed by atoms with van der Waals surface area (Å²) in [6.45, 7) is 1.11. The molecule has 2 N–H and O–H groups in total. The van der Waals surface area contributed by atoms with Gasteiger partial charge >= 0.3 is 0 Å². The second-order valence-electron chi connectivity index (χ2n) is 5.01. The number of likely N-dealkylation sites (tertiary alicyclic amines) is 1. The molecule has 3 rings (SSSR count). The summed E-state index contributed by atoms with van der Waals surface area (Å²) < 4.78 is 0. The van der Waals surface area contributed by atoms with Crippen LogP contribution < -0.4 is 5.73 Å². The van der Waals surface area contributed by atoms with E-state index in [1.54, 1.807) is 5.38 Å². The summed E-state index contributed by atoms with van der Waals surface area (Å²) in [5, 5.41) is 3.28. The molecule has 2 heterocycles. The molecule has 0 radical (unpaired) electrons. The molecule has 1 amide bonds. The van der Waals surface area contributed by atoms with Crippen LogP contribution in [0.15, 0.2) is 29.6 Å². The fourth-order valence-corrected chi connectivity index (χ4v) is 3.64. The van der Waals surface area contributed by atoms with Crippen LogP contribution in [0.25, 0.3) is 0 Å². The Hall–Kier alpha value is -1.14. The normalized spacial score (nSPS) is 17.4. The van der Waals surface area contributed by atoms with E-state index in [0.29, 0.717) is 17.3 Å². The summed E-state index contributed by atoms with van der Waals surface area (Å²) in [7, 11) is 0. The summed E-state index contributed by atoms with van der Waals surface area (Å²) in [6.07, 6.45) is 1.92. The third kappa shape index (κ3) is 3.27. The van der Waals surface area contributed by atoms with Crippen molar-refractivity contribution in [1.82, 2.24) is 9.88 Å². The summed E-state index contributed by atoms with van der Waals surface area (Å²) in [5.41, 5.74) is 7.06. The minimum atomic E-state index is -0.0339. The van der Waals surface area contributed by atoms with Gasteiger partial charge in [-0.3, -0.25) is 4.79 Å². The van der Waals surface area contributed by atoms with Crippen LogP contribution in [-0.4, -0.2) is 22.3 Å². The number of hydrogen-bond donors (Lipinski definition) is 1. The lowest BCUT2D eigenvalue weighted by Gasteiger charge is -2.25. The Balaban J connectivity index is 0.00000176. The number of benzene rings is 1. The lowest BCUT2D eigenvalue weighted by atomic mass is 10.0. The number of carbonyl (C=O) groups excluding carboxylic acids is 1. The zero-order chi connectivity index (χ0) is 14.8. The molecule has 1 fully saturated rings. The third-order valence-corrected chi connectivity index (χ3v) is 4.94. The standard InChI is InChI=1S/C15H16ClN3OS.ClH/c16-11-5-2-1-4-10(11)13-6-3-7-19(13)15(20)12-9-21-14(8-17)18-12;/h1-2,4-5,9,13H,3,6-8,17H2;1H. The molecular weight excluding hydrogens is 341 g/mol. The van der Waals surface area contributed by atoms with E-state index in [2.05, 4.69) is 4.98 Å². The molecule has 0 saturated carbocycles. The van der Waals surface area contributed by atoms with Gasteiger partial charge in [-0.1, -0.05) is 29.8 Å². The molecule has 0 spiro atoms. The van der Waals surface area contributed by atoms with Crippen LogP contribution in [0.1, 0.15) is 39.9 Å². The van der Waals surface area contributed by atoms with Crippen LogP contribution in [0.4, 0.5) is 0 Å². The molecule has 1 aromatic heterocycles. The highest BCUT2D eigenvalue weighted by Gasteiger charge is 2.32. The van der Waals surface area contributed by atoms with Crippen molar-refractivity contribution in [3.05, 3.63) is 50.9 Å². The first-order valence-electron chi connectivity index (χ1n) is 6.90. The number of aromatic nitrogens is 1. The Kier molecular flexibility index (Phi) is 5.81. The van der Waals surface area contributed by atoms with Gasteiger partial charge in [0, 0.05) is 23.5 Å². The van der Waals surface area contributed by atoms with E-state index in [1.807, 2.05) is 29.2 Å². The quantitative estimate of drug-likeness (QED) is 0.911. The number of rotatable bonds is 3. The third-order valence-electron chi connectivity index (χ3n) is 3.72. The highest BCUT2D eigenvalue weighted by molar-refractivity contribution is 7.09. The van der Waals surface area contributed by atoms with Crippen LogP contribution in [0.3, 0.4) is 0 Å². The number of thiazole rings is 1. The van der Waals surface area contributed by atoms with Gasteiger partial charge in [-0.05, 0) is 24.5 Å². The average Bonchev–Trinajstić information content (AvgIpc) is 3.16. The number of amides is 1. The Bertz CT molecular complexity index is 662. The van der Waals surface area contributed by atoms with Gasteiger partial charge in [-0.15, -0.1) is 23.7 Å². The molecule has 1 aliphatic heterocycles. The SMILES string of the molecule is Cl.NCc1nc(C(=O)N2CCCC2c2ccccc2Cl)cs1. The molecule has 0 aliphatic carbocycles. The second-order valence-corrected chi connectivity index (χ2v) is 6.36. The molecule has 1 atom stereocenters. The molecule has 1 aliphatic rings. The zero-order valence-electron chi connectivity index (χ0n) is 11.9. The van der Waals surface area contributed by atoms with Crippen LogP contribution in [0.2, 0.25) is 5.02 Å². The van der Waals surface area contributed by atoms with Crippen LogP contribution in [0, 0.1) is 0 Å². The topological polar surface area (TPSA) is 59.2 Å². The van der Waals surface area contributed by atoms with E-state index < -0.39 is 0 Å². The maximum Gasteiger partial charge on any atom is 0.273 e. The Labute approximate surface area is 144 Å². The van der Waals surface area contributed by atoms with Crippen molar-refractivity contribution in [2.75, 3.05) is 6.54 Å².